The van der Waals surface area contributed by atoms with Gasteiger partial charge in [0.1, 0.15) is 0 Å². The van der Waals surface area contributed by atoms with E-state index in [1.807, 2.05) is 6.07 Å². The average molecular weight is 412 g/mol. The van der Waals surface area contributed by atoms with Crippen molar-refractivity contribution in [1.82, 2.24) is 0 Å². The smallest absolute Gasteiger partial charge is 0.256 e. The van der Waals surface area contributed by atoms with Crippen LogP contribution >= 0.6 is 44.5 Å². The normalized spacial score (nSPS) is 9.90. The van der Waals surface area contributed by atoms with E-state index in [0.29, 0.717) is 30.7 Å². The predicted octanol–water partition coefficient (Wildman–Crippen LogP) is 4.62. The van der Waals surface area contributed by atoms with Gasteiger partial charge in [-0.3, -0.25) is 4.79 Å². The van der Waals surface area contributed by atoms with E-state index in [2.05, 4.69) is 49.8 Å². The molecule has 0 saturated heterocycles. The SMILES string of the molecule is N#Cc1ccc(NC(=O)c2cc(S)ccc2Br)c(Br)c1. The maximum atomic E-state index is 12.2. The van der Waals surface area contributed by atoms with Gasteiger partial charge < -0.3 is 5.32 Å². The number of nitrogens with zero attached hydrogens (tertiary/aromatic N) is 1. The summed E-state index contributed by atoms with van der Waals surface area (Å²) in [7, 11) is 0. The molecule has 20 heavy (non-hydrogen) atoms. The highest BCUT2D eigenvalue weighted by Crippen LogP contribution is 2.26. The lowest BCUT2D eigenvalue weighted by molar-refractivity contribution is 0.102. The van der Waals surface area contributed by atoms with Gasteiger partial charge in [0.25, 0.3) is 5.91 Å². The van der Waals surface area contributed by atoms with Crippen molar-refractivity contribution in [2.24, 2.45) is 0 Å². The molecule has 0 aliphatic carbocycles. The third kappa shape index (κ3) is 3.42. The highest BCUT2D eigenvalue weighted by atomic mass is 79.9. The number of nitrogens with one attached hydrogen (secondary N) is 1. The minimum Gasteiger partial charge on any atom is -0.321 e. The van der Waals surface area contributed by atoms with Crippen molar-refractivity contribution in [3.63, 3.8) is 0 Å². The first kappa shape index (κ1) is 15.1. The Balaban J connectivity index is 2.28. The molecular weight excluding hydrogens is 404 g/mol. The Hall–Kier alpha value is -1.29. The van der Waals surface area contributed by atoms with Crippen LogP contribution in [0.1, 0.15) is 15.9 Å². The van der Waals surface area contributed by atoms with E-state index < -0.39 is 0 Å². The minimum atomic E-state index is -0.252. The molecule has 100 valence electrons. The molecule has 0 aromatic heterocycles. The summed E-state index contributed by atoms with van der Waals surface area (Å²) in [6.45, 7) is 0. The molecule has 2 rings (SSSR count). The summed E-state index contributed by atoms with van der Waals surface area (Å²) in [6.07, 6.45) is 0. The lowest BCUT2D eigenvalue weighted by Gasteiger charge is -2.09. The maximum absolute atomic E-state index is 12.2. The molecule has 1 N–H and O–H groups in total. The van der Waals surface area contributed by atoms with Gasteiger partial charge >= 0.3 is 0 Å². The molecule has 0 radical (unpaired) electrons. The van der Waals surface area contributed by atoms with Crippen molar-refractivity contribution in [1.29, 1.82) is 5.26 Å². The van der Waals surface area contributed by atoms with Crippen LogP contribution in [0.2, 0.25) is 0 Å². The van der Waals surface area contributed by atoms with Gasteiger partial charge in [0.15, 0.2) is 0 Å². The fraction of sp³-hybridized carbons (Fsp3) is 0. The number of anilines is 1. The van der Waals surface area contributed by atoms with Crippen molar-refractivity contribution in [3.05, 3.63) is 56.5 Å². The molecule has 6 heteroatoms. The Morgan fingerprint density at radius 1 is 1.15 bits per heavy atom. The monoisotopic (exact) mass is 410 g/mol. The molecule has 0 aliphatic rings. The third-order valence-electron chi connectivity index (χ3n) is 2.54. The average Bonchev–Trinajstić information content (AvgIpc) is 2.43. The van der Waals surface area contributed by atoms with Crippen LogP contribution < -0.4 is 5.32 Å². The summed E-state index contributed by atoms with van der Waals surface area (Å²) in [5.74, 6) is -0.252. The zero-order valence-electron chi connectivity index (χ0n) is 10.0. The Morgan fingerprint density at radius 3 is 2.55 bits per heavy atom. The number of hydrogen-bond donors (Lipinski definition) is 2. The number of carbonyl (C=O) groups excluding carboxylic acids is 1. The molecule has 0 fully saturated rings. The van der Waals surface area contributed by atoms with E-state index in [4.69, 9.17) is 5.26 Å². The highest BCUT2D eigenvalue weighted by Gasteiger charge is 2.12. The number of carbonyl (C=O) groups is 1. The quantitative estimate of drug-likeness (QED) is 0.708. The summed E-state index contributed by atoms with van der Waals surface area (Å²) in [6, 6.07) is 12.3. The van der Waals surface area contributed by atoms with Crippen LogP contribution in [0.3, 0.4) is 0 Å². The highest BCUT2D eigenvalue weighted by molar-refractivity contribution is 9.11. The fourth-order valence-electron chi connectivity index (χ4n) is 1.56. The zero-order chi connectivity index (χ0) is 14.7. The number of halogens is 2. The minimum absolute atomic E-state index is 0.252. The number of hydrogen-bond acceptors (Lipinski definition) is 3. The van der Waals surface area contributed by atoms with E-state index >= 15 is 0 Å². The molecule has 0 atom stereocenters. The van der Waals surface area contributed by atoms with Gasteiger partial charge in [0, 0.05) is 13.8 Å². The van der Waals surface area contributed by atoms with Gasteiger partial charge in [-0.05, 0) is 68.3 Å². The van der Waals surface area contributed by atoms with Crippen molar-refractivity contribution < 1.29 is 4.79 Å². The largest absolute Gasteiger partial charge is 0.321 e. The van der Waals surface area contributed by atoms with Crippen LogP contribution in [0.4, 0.5) is 5.69 Å². The van der Waals surface area contributed by atoms with E-state index in [0.717, 1.165) is 0 Å². The number of amides is 1. The standard InChI is InChI=1S/C14H8Br2N2OS/c15-11-3-2-9(20)6-10(11)14(19)18-13-4-1-8(7-17)5-12(13)16/h1-6,20H,(H,18,19). The molecule has 2 aromatic carbocycles. The van der Waals surface area contributed by atoms with Crippen LogP contribution in [0, 0.1) is 11.3 Å². The molecule has 3 nitrogen and oxygen atoms in total. The van der Waals surface area contributed by atoms with Crippen LogP contribution in [-0.2, 0) is 0 Å². The van der Waals surface area contributed by atoms with E-state index in [1.54, 1.807) is 36.4 Å². The Morgan fingerprint density at radius 2 is 1.90 bits per heavy atom. The van der Waals surface area contributed by atoms with Crippen LogP contribution in [0.25, 0.3) is 0 Å². The van der Waals surface area contributed by atoms with E-state index in [-0.39, 0.29) is 5.91 Å². The van der Waals surface area contributed by atoms with Gasteiger partial charge in [0.05, 0.1) is 22.9 Å². The summed E-state index contributed by atoms with van der Waals surface area (Å²) >= 11 is 10.9. The molecule has 1 amide bonds. The van der Waals surface area contributed by atoms with Gasteiger partial charge in [-0.1, -0.05) is 0 Å². The second-order valence-corrected chi connectivity index (χ2v) is 6.15. The van der Waals surface area contributed by atoms with E-state index in [9.17, 15) is 4.79 Å². The lowest BCUT2D eigenvalue weighted by atomic mass is 10.2. The topological polar surface area (TPSA) is 52.9 Å². The van der Waals surface area contributed by atoms with Crippen LogP contribution in [-0.4, -0.2) is 5.91 Å². The molecule has 0 aliphatic heterocycles. The zero-order valence-corrected chi connectivity index (χ0v) is 14.1. The molecule has 0 spiro atoms. The number of thiol groups is 1. The number of rotatable bonds is 2. The Kier molecular flexibility index (Phi) is 4.86. The Bertz CT molecular complexity index is 726. The van der Waals surface area contributed by atoms with Gasteiger partial charge in [0.2, 0.25) is 0 Å². The van der Waals surface area contributed by atoms with Gasteiger partial charge in [-0.25, -0.2) is 0 Å². The van der Waals surface area contributed by atoms with Gasteiger partial charge in [-0.2, -0.15) is 5.26 Å². The van der Waals surface area contributed by atoms with Crippen LogP contribution in [0.5, 0.6) is 0 Å². The second kappa shape index (κ2) is 6.44. The summed E-state index contributed by atoms with van der Waals surface area (Å²) in [4.78, 5) is 12.9. The maximum Gasteiger partial charge on any atom is 0.256 e. The molecule has 0 unspecified atom stereocenters. The first-order valence-electron chi connectivity index (χ1n) is 5.51. The predicted molar refractivity (Wildman–Crippen MR) is 88.2 cm³/mol. The fourth-order valence-corrected chi connectivity index (χ4v) is 2.67. The molecule has 2 aromatic rings. The van der Waals surface area contributed by atoms with Crippen molar-refractivity contribution >= 4 is 56.1 Å². The summed E-state index contributed by atoms with van der Waals surface area (Å²) in [5.41, 5.74) is 1.62. The first-order chi connectivity index (χ1) is 9.51. The first-order valence-corrected chi connectivity index (χ1v) is 7.54. The lowest BCUT2D eigenvalue weighted by Crippen LogP contribution is -2.13. The Labute approximate surface area is 138 Å². The molecule has 0 bridgehead atoms. The van der Waals surface area contributed by atoms with Crippen LogP contribution in [0.15, 0.2) is 50.2 Å². The molecular formula is C14H8Br2N2OS. The summed E-state index contributed by atoms with van der Waals surface area (Å²) in [5, 5.41) is 11.6. The third-order valence-corrected chi connectivity index (χ3v) is 4.17. The molecule has 0 saturated carbocycles. The van der Waals surface area contributed by atoms with Crippen molar-refractivity contribution in [2.75, 3.05) is 5.32 Å². The number of benzene rings is 2. The van der Waals surface area contributed by atoms with E-state index in [1.165, 1.54) is 0 Å². The van der Waals surface area contributed by atoms with Gasteiger partial charge in [-0.15, -0.1) is 12.6 Å². The number of nitriles is 1. The summed E-state index contributed by atoms with van der Waals surface area (Å²) < 4.78 is 1.35. The van der Waals surface area contributed by atoms with Crippen molar-refractivity contribution in [3.8, 4) is 6.07 Å². The molecule has 0 heterocycles. The second-order valence-electron chi connectivity index (χ2n) is 3.92. The van der Waals surface area contributed by atoms with Crippen molar-refractivity contribution in [2.45, 2.75) is 4.90 Å².